The number of epoxide rings is 1. The Hall–Kier alpha value is -2.96. The van der Waals surface area contributed by atoms with E-state index in [-0.39, 0.29) is 30.9 Å². The summed E-state index contributed by atoms with van der Waals surface area (Å²) in [6.07, 6.45) is -1.38. The highest BCUT2D eigenvalue weighted by Gasteiger charge is 2.75. The standard InChI is InChI=1S/C31H41ClO12/c1-15(2)12-22(35)39-13-23(36)43-20-9-8-16(3)24(32)26-31(38,17(4)28(37)44-26)27(42-19(6)34)25-29(20,7)21(41-18(5)33)10-11-30(25)14-40-30/h8-9,15,17,20-21,24-27,38H,3,10-14H2,1-2,4-7H3/b9-8+/t17-,20-,21-,24-,25+,26-,27-,29-,30-,31-/m1/s1. The van der Waals surface area contributed by atoms with Crippen LogP contribution in [0.1, 0.15) is 60.8 Å². The maximum Gasteiger partial charge on any atom is 0.344 e. The Morgan fingerprint density at radius 1 is 1.14 bits per heavy atom. The van der Waals surface area contributed by atoms with Crippen LogP contribution in [-0.4, -0.2) is 89.2 Å². The number of carbonyl (C=O) groups excluding carboxylic acids is 5. The van der Waals surface area contributed by atoms with Gasteiger partial charge in [-0.25, -0.2) is 4.79 Å². The number of ether oxygens (including phenoxy) is 6. The molecule has 3 fully saturated rings. The van der Waals surface area contributed by atoms with E-state index >= 15 is 0 Å². The topological polar surface area (TPSA) is 164 Å². The molecule has 0 unspecified atom stereocenters. The third-order valence-corrected chi connectivity index (χ3v) is 9.79. The molecule has 0 aromatic heterocycles. The molecule has 4 aliphatic rings. The van der Waals surface area contributed by atoms with Gasteiger partial charge in [0.15, 0.2) is 18.3 Å². The van der Waals surface area contributed by atoms with E-state index in [2.05, 4.69) is 6.58 Å². The van der Waals surface area contributed by atoms with E-state index in [9.17, 15) is 29.1 Å². The van der Waals surface area contributed by atoms with E-state index < -0.39 is 94.7 Å². The number of fused-ring (bicyclic) bond motifs is 3. The summed E-state index contributed by atoms with van der Waals surface area (Å²) in [5.74, 6) is -5.86. The van der Waals surface area contributed by atoms with Crippen LogP contribution in [0.3, 0.4) is 0 Å². The molecule has 2 aliphatic carbocycles. The lowest BCUT2D eigenvalue weighted by Crippen LogP contribution is -2.70. The fraction of sp³-hybridized carbons (Fsp3) is 0.710. The molecular weight excluding hydrogens is 600 g/mol. The highest BCUT2D eigenvalue weighted by molar-refractivity contribution is 6.23. The fourth-order valence-electron chi connectivity index (χ4n) is 7.02. The largest absolute Gasteiger partial charge is 0.462 e. The number of hydrogen-bond donors (Lipinski definition) is 1. The number of allylic oxidation sites excluding steroid dienone is 1. The molecular formula is C31H41ClO12. The number of aliphatic hydroxyl groups is 1. The zero-order chi connectivity index (χ0) is 32.8. The Labute approximate surface area is 261 Å². The number of halogens is 1. The van der Waals surface area contributed by atoms with Gasteiger partial charge in [-0.3, -0.25) is 19.2 Å². The summed E-state index contributed by atoms with van der Waals surface area (Å²) in [5.41, 5.74) is -4.47. The van der Waals surface area contributed by atoms with Gasteiger partial charge in [-0.05, 0) is 37.3 Å². The number of carbonyl (C=O) groups is 5. The van der Waals surface area contributed by atoms with Crippen molar-refractivity contribution >= 4 is 41.4 Å². The smallest absolute Gasteiger partial charge is 0.344 e. The summed E-state index contributed by atoms with van der Waals surface area (Å²) in [6.45, 7) is 12.7. The zero-order valence-corrected chi connectivity index (χ0v) is 26.6. The van der Waals surface area contributed by atoms with Crippen molar-refractivity contribution in [2.75, 3.05) is 13.2 Å². The summed E-state index contributed by atoms with van der Waals surface area (Å²) < 4.78 is 34.5. The first-order chi connectivity index (χ1) is 20.5. The van der Waals surface area contributed by atoms with Gasteiger partial charge in [0.1, 0.15) is 18.3 Å². The molecule has 10 atom stereocenters. The van der Waals surface area contributed by atoms with Crippen LogP contribution in [0.5, 0.6) is 0 Å². The van der Waals surface area contributed by atoms with Crippen LogP contribution < -0.4 is 0 Å². The van der Waals surface area contributed by atoms with Crippen LogP contribution in [-0.2, 0) is 52.4 Å². The van der Waals surface area contributed by atoms with Gasteiger partial charge in [0.2, 0.25) is 0 Å². The van der Waals surface area contributed by atoms with Crippen molar-refractivity contribution in [1.82, 2.24) is 0 Å². The SMILES string of the molecule is C=C1/C=C/[C@@H](OC(=O)COC(=O)CC(C)C)[C@@]2(C)[C@H]([C@@H](OC(C)=O)[C@@]3(O)[C@H](C)C(=O)O[C@@H]3[C@@H]1Cl)[C@@]1(CC[C@H]2OC(C)=O)CO1. The van der Waals surface area contributed by atoms with Gasteiger partial charge in [0.25, 0.3) is 0 Å². The van der Waals surface area contributed by atoms with Crippen molar-refractivity contribution in [3.05, 3.63) is 24.3 Å². The molecule has 1 spiro atoms. The van der Waals surface area contributed by atoms with Crippen molar-refractivity contribution in [1.29, 1.82) is 0 Å². The molecule has 0 bridgehead atoms. The first-order valence-electron chi connectivity index (χ1n) is 14.7. The predicted octanol–water partition coefficient (Wildman–Crippen LogP) is 2.56. The molecule has 4 rings (SSSR count). The number of hydrogen-bond acceptors (Lipinski definition) is 12. The van der Waals surface area contributed by atoms with Crippen molar-refractivity contribution < 1.29 is 57.5 Å². The zero-order valence-electron chi connectivity index (χ0n) is 25.8. The molecule has 44 heavy (non-hydrogen) atoms. The predicted molar refractivity (Wildman–Crippen MR) is 153 cm³/mol. The maximum absolute atomic E-state index is 13.2. The second kappa shape index (κ2) is 12.4. The Kier molecular flexibility index (Phi) is 9.59. The first kappa shape index (κ1) is 33.9. The van der Waals surface area contributed by atoms with Crippen LogP contribution in [0.2, 0.25) is 0 Å². The molecule has 0 aromatic carbocycles. The normalized spacial score (nSPS) is 40.2. The van der Waals surface area contributed by atoms with Crippen LogP contribution in [0, 0.1) is 23.2 Å². The van der Waals surface area contributed by atoms with E-state index in [1.165, 1.54) is 26.0 Å². The van der Waals surface area contributed by atoms with Gasteiger partial charge in [0.05, 0.1) is 28.9 Å². The lowest BCUT2D eigenvalue weighted by atomic mass is 9.53. The molecule has 1 saturated carbocycles. The van der Waals surface area contributed by atoms with E-state index in [1.54, 1.807) is 6.92 Å². The average molecular weight is 641 g/mol. The van der Waals surface area contributed by atoms with Gasteiger partial charge in [-0.15, -0.1) is 11.6 Å². The third kappa shape index (κ3) is 6.12. The number of alkyl halides is 1. The maximum atomic E-state index is 13.2. The van der Waals surface area contributed by atoms with Gasteiger partial charge in [-0.2, -0.15) is 0 Å². The van der Waals surface area contributed by atoms with E-state index in [0.29, 0.717) is 6.42 Å². The summed E-state index contributed by atoms with van der Waals surface area (Å²) >= 11 is 6.77. The number of esters is 5. The van der Waals surface area contributed by atoms with Crippen LogP contribution in [0.15, 0.2) is 24.3 Å². The summed E-state index contributed by atoms with van der Waals surface area (Å²) in [7, 11) is 0. The molecule has 1 N–H and O–H groups in total. The van der Waals surface area contributed by atoms with Gasteiger partial charge >= 0.3 is 29.8 Å². The number of rotatable bonds is 7. The van der Waals surface area contributed by atoms with Crippen molar-refractivity contribution in [3.8, 4) is 0 Å². The van der Waals surface area contributed by atoms with E-state index in [1.807, 2.05) is 13.8 Å². The summed E-state index contributed by atoms with van der Waals surface area (Å²) in [4.78, 5) is 63.5. The Morgan fingerprint density at radius 2 is 1.77 bits per heavy atom. The third-order valence-electron chi connectivity index (χ3n) is 9.28. The second-order valence-corrected chi connectivity index (χ2v) is 13.3. The molecule has 0 amide bonds. The Bertz CT molecular complexity index is 1240. The van der Waals surface area contributed by atoms with Gasteiger partial charge in [0, 0.05) is 26.2 Å². The Balaban J connectivity index is 1.90. The van der Waals surface area contributed by atoms with Crippen LogP contribution in [0.25, 0.3) is 0 Å². The van der Waals surface area contributed by atoms with Gasteiger partial charge in [-0.1, -0.05) is 33.4 Å². The molecule has 0 aromatic rings. The highest BCUT2D eigenvalue weighted by atomic mass is 35.5. The molecule has 0 radical (unpaired) electrons. The highest BCUT2D eigenvalue weighted by Crippen LogP contribution is 2.62. The quantitative estimate of drug-likeness (QED) is 0.187. The minimum Gasteiger partial charge on any atom is -0.462 e. The van der Waals surface area contributed by atoms with Crippen molar-refractivity contribution in [2.45, 2.75) is 102 Å². The molecule has 2 heterocycles. The molecule has 244 valence electrons. The lowest BCUT2D eigenvalue weighted by molar-refractivity contribution is -0.239. The van der Waals surface area contributed by atoms with Crippen molar-refractivity contribution in [2.24, 2.45) is 23.2 Å². The van der Waals surface area contributed by atoms with Crippen LogP contribution >= 0.6 is 11.6 Å². The minimum atomic E-state index is -2.20. The van der Waals surface area contributed by atoms with Crippen molar-refractivity contribution in [3.63, 3.8) is 0 Å². The lowest BCUT2D eigenvalue weighted by Gasteiger charge is -2.56. The Morgan fingerprint density at radius 3 is 2.34 bits per heavy atom. The molecule has 2 aliphatic heterocycles. The first-order valence-corrected chi connectivity index (χ1v) is 15.2. The summed E-state index contributed by atoms with van der Waals surface area (Å²) in [6, 6.07) is 0. The summed E-state index contributed by atoms with van der Waals surface area (Å²) in [5, 5.41) is 11.4. The molecule has 13 heteroatoms. The van der Waals surface area contributed by atoms with Gasteiger partial charge < -0.3 is 33.5 Å². The molecule has 2 saturated heterocycles. The van der Waals surface area contributed by atoms with E-state index in [0.717, 1.165) is 6.92 Å². The monoisotopic (exact) mass is 640 g/mol. The van der Waals surface area contributed by atoms with Crippen LogP contribution in [0.4, 0.5) is 0 Å². The fourth-order valence-corrected chi connectivity index (χ4v) is 7.35. The average Bonchev–Trinajstić information content (AvgIpc) is 3.66. The molecule has 12 nitrogen and oxygen atoms in total. The van der Waals surface area contributed by atoms with E-state index in [4.69, 9.17) is 40.0 Å². The second-order valence-electron chi connectivity index (χ2n) is 12.8. The minimum absolute atomic E-state index is 0.0112.